The largest absolute Gasteiger partial charge is 0.480 e. The van der Waals surface area contributed by atoms with Gasteiger partial charge < -0.3 is 14.7 Å². The van der Waals surface area contributed by atoms with Gasteiger partial charge in [-0.05, 0) is 51.5 Å². The number of aliphatic carboxylic acids is 1. The molecule has 1 fully saturated rings. The van der Waals surface area contributed by atoms with E-state index in [1.165, 1.54) is 29.2 Å². The summed E-state index contributed by atoms with van der Waals surface area (Å²) in [5.41, 5.74) is 0.488. The summed E-state index contributed by atoms with van der Waals surface area (Å²) >= 11 is 2.45. The predicted molar refractivity (Wildman–Crippen MR) is 133 cm³/mol. The van der Waals surface area contributed by atoms with Gasteiger partial charge in [0.1, 0.15) is 10.6 Å². The van der Waals surface area contributed by atoms with Crippen LogP contribution < -0.4 is 5.32 Å². The van der Waals surface area contributed by atoms with Gasteiger partial charge in [-0.3, -0.25) is 10.1 Å². The highest BCUT2D eigenvalue weighted by atomic mass is 32.2. The molecule has 0 bridgehead atoms. The Morgan fingerprint density at radius 2 is 2.00 bits per heavy atom. The smallest absolute Gasteiger partial charge is 0.323 e. The molecule has 0 unspecified atom stereocenters. The fourth-order valence-corrected chi connectivity index (χ4v) is 6.05. The molecule has 10 heteroatoms. The number of hydrogen-bond acceptors (Lipinski definition) is 6. The summed E-state index contributed by atoms with van der Waals surface area (Å²) in [5.74, 6) is -0.568. The number of hydrogen-bond donors (Lipinski definition) is 2. The molecular weight excluding hydrogens is 477 g/mol. The first-order valence-corrected chi connectivity index (χ1v) is 13.1. The van der Waals surface area contributed by atoms with Gasteiger partial charge in [-0.2, -0.15) is 0 Å². The van der Waals surface area contributed by atoms with Gasteiger partial charge in [0, 0.05) is 18.2 Å². The van der Waals surface area contributed by atoms with E-state index in [1.54, 1.807) is 43.1 Å². The van der Waals surface area contributed by atoms with Gasteiger partial charge in [-0.15, -0.1) is 0 Å². The average Bonchev–Trinajstić information content (AvgIpc) is 3.21. The van der Waals surface area contributed by atoms with Crippen LogP contribution in [0.3, 0.4) is 0 Å². The van der Waals surface area contributed by atoms with Crippen LogP contribution in [0.25, 0.3) is 0 Å². The standard InChI is InChI=1S/C24H32FN3O4S2/c1-16-8-10-18(11-9-16)28(12-13-32-15-17-6-4-5-7-19(17)25)23(31)27-22-26-14-20(33-22)34-24(2,3)21(29)30/h4-7,14,16,18H,8-13,15H2,1-3H3,(H,29,30)(H,26,27,31). The van der Waals surface area contributed by atoms with Crippen molar-refractivity contribution in [2.45, 2.75) is 68.1 Å². The maximum atomic E-state index is 13.8. The normalized spacial score (nSPS) is 18.5. The molecule has 1 heterocycles. The number of thioether (sulfide) groups is 1. The summed E-state index contributed by atoms with van der Waals surface area (Å²) in [7, 11) is 0. The van der Waals surface area contributed by atoms with Crippen molar-refractivity contribution < 1.29 is 23.8 Å². The van der Waals surface area contributed by atoms with Crippen LogP contribution in [0, 0.1) is 11.7 Å². The number of nitrogens with zero attached hydrogens (tertiary/aromatic N) is 2. The summed E-state index contributed by atoms with van der Waals surface area (Å²) in [5, 5.41) is 12.6. The van der Waals surface area contributed by atoms with Crippen LogP contribution in [-0.2, 0) is 16.1 Å². The number of benzene rings is 1. The zero-order valence-electron chi connectivity index (χ0n) is 19.8. The third kappa shape index (κ3) is 7.41. The zero-order valence-corrected chi connectivity index (χ0v) is 21.4. The second-order valence-corrected chi connectivity index (χ2v) is 12.0. The summed E-state index contributed by atoms with van der Waals surface area (Å²) in [6.45, 7) is 6.32. The van der Waals surface area contributed by atoms with Crippen LogP contribution >= 0.6 is 23.1 Å². The van der Waals surface area contributed by atoms with Crippen LogP contribution in [0.2, 0.25) is 0 Å². The highest BCUT2D eigenvalue weighted by Crippen LogP contribution is 2.37. The van der Waals surface area contributed by atoms with E-state index >= 15 is 0 Å². The maximum Gasteiger partial charge on any atom is 0.323 e. The average molecular weight is 510 g/mol. The summed E-state index contributed by atoms with van der Waals surface area (Å²) in [4.78, 5) is 30.6. The Kier molecular flexibility index (Phi) is 9.32. The number of nitrogens with one attached hydrogen (secondary N) is 1. The first-order valence-electron chi connectivity index (χ1n) is 11.4. The van der Waals surface area contributed by atoms with E-state index < -0.39 is 10.7 Å². The molecule has 1 aliphatic carbocycles. The lowest BCUT2D eigenvalue weighted by atomic mass is 9.86. The number of ether oxygens (including phenoxy) is 1. The number of carbonyl (C=O) groups is 2. The molecule has 2 aromatic rings. The van der Waals surface area contributed by atoms with Gasteiger partial charge in [0.15, 0.2) is 5.13 Å². The van der Waals surface area contributed by atoms with E-state index in [9.17, 15) is 19.1 Å². The molecule has 0 radical (unpaired) electrons. The molecule has 34 heavy (non-hydrogen) atoms. The molecule has 0 saturated heterocycles. The van der Waals surface area contributed by atoms with E-state index in [4.69, 9.17) is 4.74 Å². The number of amides is 2. The fraction of sp³-hybridized carbons (Fsp3) is 0.542. The Bertz CT molecular complexity index is 977. The van der Waals surface area contributed by atoms with Crippen molar-refractivity contribution in [3.05, 3.63) is 41.8 Å². The Morgan fingerprint density at radius 1 is 1.29 bits per heavy atom. The quantitative estimate of drug-likeness (QED) is 0.308. The number of aromatic nitrogens is 1. The van der Waals surface area contributed by atoms with Crippen LogP contribution in [0.15, 0.2) is 34.7 Å². The van der Waals surface area contributed by atoms with E-state index in [0.29, 0.717) is 34.0 Å². The van der Waals surface area contributed by atoms with Crippen molar-refractivity contribution >= 4 is 40.2 Å². The van der Waals surface area contributed by atoms with Gasteiger partial charge in [0.2, 0.25) is 0 Å². The van der Waals surface area contributed by atoms with E-state index in [1.807, 2.05) is 0 Å². The van der Waals surface area contributed by atoms with Gasteiger partial charge in [-0.25, -0.2) is 14.2 Å². The first kappa shape index (κ1) is 26.4. The Morgan fingerprint density at radius 3 is 2.68 bits per heavy atom. The third-order valence-electron chi connectivity index (χ3n) is 5.95. The number of anilines is 1. The first-order chi connectivity index (χ1) is 16.2. The Labute approximate surface area is 208 Å². The number of halogens is 1. The Hall–Kier alpha value is -2.17. The van der Waals surface area contributed by atoms with E-state index in [2.05, 4.69) is 17.2 Å². The number of carboxylic acids is 1. The monoisotopic (exact) mass is 509 g/mol. The number of rotatable bonds is 10. The van der Waals surface area contributed by atoms with Crippen molar-refractivity contribution in [1.29, 1.82) is 0 Å². The molecule has 1 aromatic carbocycles. The second kappa shape index (κ2) is 12.0. The molecule has 0 aliphatic heterocycles. The van der Waals surface area contributed by atoms with Crippen LogP contribution in [0.5, 0.6) is 0 Å². The maximum absolute atomic E-state index is 13.8. The van der Waals surface area contributed by atoms with Crippen LogP contribution in [0.1, 0.15) is 52.0 Å². The third-order valence-corrected chi connectivity index (χ3v) is 8.15. The molecule has 1 aromatic heterocycles. The van der Waals surface area contributed by atoms with Crippen molar-refractivity contribution in [1.82, 2.24) is 9.88 Å². The zero-order chi connectivity index (χ0) is 24.7. The number of urea groups is 1. The molecule has 0 atom stereocenters. The molecule has 186 valence electrons. The molecule has 3 rings (SSSR count). The molecular formula is C24H32FN3O4S2. The molecule has 1 saturated carbocycles. The number of thiazole rings is 1. The van der Waals surface area contributed by atoms with Crippen LogP contribution in [-0.4, -0.2) is 50.9 Å². The van der Waals surface area contributed by atoms with Crippen LogP contribution in [0.4, 0.5) is 14.3 Å². The van der Waals surface area contributed by atoms with Gasteiger partial charge >= 0.3 is 12.0 Å². The highest BCUT2D eigenvalue weighted by Gasteiger charge is 2.30. The van der Waals surface area contributed by atoms with Crippen molar-refractivity contribution in [3.8, 4) is 0 Å². The summed E-state index contributed by atoms with van der Waals surface area (Å²) in [6, 6.07) is 6.35. The molecule has 2 N–H and O–H groups in total. The fourth-order valence-electron chi connectivity index (χ4n) is 3.79. The van der Waals surface area contributed by atoms with Gasteiger partial charge in [-0.1, -0.05) is 48.2 Å². The predicted octanol–water partition coefficient (Wildman–Crippen LogP) is 5.87. The minimum atomic E-state index is -0.992. The lowest BCUT2D eigenvalue weighted by molar-refractivity contribution is -0.138. The molecule has 7 nitrogen and oxygen atoms in total. The topological polar surface area (TPSA) is 91.8 Å². The molecule has 1 aliphatic rings. The summed E-state index contributed by atoms with van der Waals surface area (Å²) < 4.78 is 19.2. The molecule has 0 spiro atoms. The van der Waals surface area contributed by atoms with Gasteiger partial charge in [0.05, 0.1) is 23.6 Å². The Balaban J connectivity index is 1.60. The minimum Gasteiger partial charge on any atom is -0.480 e. The number of carboxylic acid groups (broad SMARTS) is 1. The van der Waals surface area contributed by atoms with Gasteiger partial charge in [0.25, 0.3) is 0 Å². The van der Waals surface area contributed by atoms with Crippen molar-refractivity contribution in [3.63, 3.8) is 0 Å². The SMILES string of the molecule is CC1CCC(N(CCOCc2ccccc2F)C(=O)Nc2ncc(SC(C)(C)C(=O)O)s2)CC1. The van der Waals surface area contributed by atoms with Crippen molar-refractivity contribution in [2.24, 2.45) is 5.92 Å². The highest BCUT2D eigenvalue weighted by molar-refractivity contribution is 8.03. The van der Waals surface area contributed by atoms with Crippen molar-refractivity contribution in [2.75, 3.05) is 18.5 Å². The molecule has 2 amide bonds. The minimum absolute atomic E-state index is 0.105. The summed E-state index contributed by atoms with van der Waals surface area (Å²) in [6.07, 6.45) is 5.56. The number of carbonyl (C=O) groups excluding carboxylic acids is 1. The van der Waals surface area contributed by atoms with E-state index in [0.717, 1.165) is 25.7 Å². The lowest BCUT2D eigenvalue weighted by Crippen LogP contribution is -2.46. The van der Waals surface area contributed by atoms with E-state index in [-0.39, 0.29) is 24.5 Å². The lowest BCUT2D eigenvalue weighted by Gasteiger charge is -2.36. The second-order valence-electron chi connectivity index (χ2n) is 9.08.